The van der Waals surface area contributed by atoms with Gasteiger partial charge in [-0.2, -0.15) is 0 Å². The molecule has 2 atom stereocenters. The molecule has 3 aromatic rings. The number of rotatable bonds is 7. The molecule has 5 heteroatoms. The fourth-order valence-corrected chi connectivity index (χ4v) is 4.21. The molecule has 4 nitrogen and oxygen atoms in total. The van der Waals surface area contributed by atoms with E-state index in [0.717, 1.165) is 11.8 Å². The molecule has 0 spiro atoms. The SMILES string of the molecule is CCOc1ccc2c(c1)O[C@](c1ccc(Cl)cc1)(C(CC=O)c1ccccc1)C2=O. The van der Waals surface area contributed by atoms with Crippen LogP contribution in [-0.2, 0) is 10.4 Å². The van der Waals surface area contributed by atoms with E-state index >= 15 is 0 Å². The molecule has 0 saturated heterocycles. The number of benzene rings is 3. The van der Waals surface area contributed by atoms with Gasteiger partial charge in [0, 0.05) is 29.0 Å². The third-order valence-electron chi connectivity index (χ3n) is 5.41. The van der Waals surface area contributed by atoms with Crippen LogP contribution in [0.15, 0.2) is 72.8 Å². The van der Waals surface area contributed by atoms with Crippen molar-refractivity contribution in [1.29, 1.82) is 0 Å². The van der Waals surface area contributed by atoms with Gasteiger partial charge in [0.2, 0.25) is 11.4 Å². The maximum atomic E-state index is 13.8. The van der Waals surface area contributed by atoms with Crippen molar-refractivity contribution in [3.63, 3.8) is 0 Å². The smallest absolute Gasteiger partial charge is 0.215 e. The minimum absolute atomic E-state index is 0.130. The first-order valence-electron chi connectivity index (χ1n) is 9.85. The van der Waals surface area contributed by atoms with Gasteiger partial charge in [-0.15, -0.1) is 0 Å². The number of aldehydes is 1. The van der Waals surface area contributed by atoms with Crippen LogP contribution in [0.4, 0.5) is 0 Å². The lowest BCUT2D eigenvalue weighted by Crippen LogP contribution is -2.43. The number of ether oxygens (including phenoxy) is 2. The van der Waals surface area contributed by atoms with Gasteiger partial charge in [-0.1, -0.05) is 54.1 Å². The predicted molar refractivity (Wildman–Crippen MR) is 116 cm³/mol. The molecule has 1 heterocycles. The topological polar surface area (TPSA) is 52.6 Å². The Hall–Kier alpha value is -3.11. The molecule has 1 unspecified atom stereocenters. The monoisotopic (exact) mass is 420 g/mol. The average molecular weight is 421 g/mol. The fraction of sp³-hybridized carbons (Fsp3) is 0.200. The van der Waals surface area contributed by atoms with Gasteiger partial charge in [0.05, 0.1) is 12.2 Å². The van der Waals surface area contributed by atoms with Gasteiger partial charge < -0.3 is 14.3 Å². The summed E-state index contributed by atoms with van der Waals surface area (Å²) in [6, 6.07) is 21.8. The number of carbonyl (C=O) groups excluding carboxylic acids is 2. The second-order valence-corrected chi connectivity index (χ2v) is 7.57. The lowest BCUT2D eigenvalue weighted by atomic mass is 9.72. The van der Waals surface area contributed by atoms with E-state index in [1.807, 2.05) is 37.3 Å². The highest BCUT2D eigenvalue weighted by atomic mass is 35.5. The summed E-state index contributed by atoms with van der Waals surface area (Å²) in [7, 11) is 0. The summed E-state index contributed by atoms with van der Waals surface area (Å²) in [6.07, 6.45) is 0.964. The van der Waals surface area contributed by atoms with Crippen molar-refractivity contribution in [3.8, 4) is 11.5 Å². The molecule has 0 radical (unpaired) electrons. The number of carbonyl (C=O) groups is 2. The maximum Gasteiger partial charge on any atom is 0.215 e. The normalized spacial score (nSPS) is 18.4. The van der Waals surface area contributed by atoms with E-state index < -0.39 is 11.5 Å². The molecule has 0 amide bonds. The maximum absolute atomic E-state index is 13.8. The number of fused-ring (bicyclic) bond motifs is 1. The van der Waals surface area contributed by atoms with Gasteiger partial charge in [-0.05, 0) is 36.8 Å². The van der Waals surface area contributed by atoms with E-state index in [1.165, 1.54) is 0 Å². The summed E-state index contributed by atoms with van der Waals surface area (Å²) < 4.78 is 12.0. The molecule has 4 rings (SSSR count). The highest BCUT2D eigenvalue weighted by Gasteiger charge is 2.55. The quantitative estimate of drug-likeness (QED) is 0.468. The molecule has 0 fully saturated rings. The molecular weight excluding hydrogens is 400 g/mol. The summed E-state index contributed by atoms with van der Waals surface area (Å²) in [6.45, 7) is 2.40. The standard InChI is InChI=1S/C25H21ClO4/c1-2-29-20-12-13-21-23(16-20)30-25(24(21)28,18-8-10-19(26)11-9-18)22(14-15-27)17-6-4-3-5-7-17/h3-13,15-16,22H,2,14H2,1H3/t22?,25-/m1/s1. The van der Waals surface area contributed by atoms with Crippen LogP contribution in [-0.4, -0.2) is 18.7 Å². The molecular formula is C25H21ClO4. The van der Waals surface area contributed by atoms with Crippen LogP contribution >= 0.6 is 11.6 Å². The second kappa shape index (κ2) is 8.33. The third kappa shape index (κ3) is 3.37. The van der Waals surface area contributed by atoms with E-state index in [9.17, 15) is 9.59 Å². The van der Waals surface area contributed by atoms with Crippen LogP contribution in [0.5, 0.6) is 11.5 Å². The first kappa shape index (κ1) is 20.2. The van der Waals surface area contributed by atoms with Crippen molar-refractivity contribution in [2.24, 2.45) is 0 Å². The van der Waals surface area contributed by atoms with E-state index in [-0.39, 0.29) is 12.2 Å². The lowest BCUT2D eigenvalue weighted by molar-refractivity contribution is -0.109. The van der Waals surface area contributed by atoms with E-state index in [4.69, 9.17) is 21.1 Å². The van der Waals surface area contributed by atoms with E-state index in [0.29, 0.717) is 34.3 Å². The average Bonchev–Trinajstić information content (AvgIpc) is 3.06. The van der Waals surface area contributed by atoms with Crippen molar-refractivity contribution in [2.45, 2.75) is 24.9 Å². The number of hydrogen-bond acceptors (Lipinski definition) is 4. The zero-order valence-electron chi connectivity index (χ0n) is 16.5. The molecule has 152 valence electrons. The Bertz CT molecular complexity index is 1060. The molecule has 0 N–H and O–H groups in total. The van der Waals surface area contributed by atoms with Crippen molar-refractivity contribution in [3.05, 3.63) is 94.5 Å². The number of ketones is 1. The fourth-order valence-electron chi connectivity index (χ4n) is 4.09. The molecule has 0 aliphatic carbocycles. The largest absolute Gasteiger partial charge is 0.494 e. The highest BCUT2D eigenvalue weighted by molar-refractivity contribution is 6.30. The summed E-state index contributed by atoms with van der Waals surface area (Å²) in [5.74, 6) is 0.390. The molecule has 0 aromatic heterocycles. The summed E-state index contributed by atoms with van der Waals surface area (Å²) in [4.78, 5) is 25.5. The molecule has 3 aromatic carbocycles. The van der Waals surface area contributed by atoms with Crippen LogP contribution in [0, 0.1) is 0 Å². The van der Waals surface area contributed by atoms with Crippen LogP contribution in [0.3, 0.4) is 0 Å². The zero-order chi connectivity index (χ0) is 21.1. The Kier molecular flexibility index (Phi) is 5.60. The third-order valence-corrected chi connectivity index (χ3v) is 5.67. The van der Waals surface area contributed by atoms with Crippen molar-refractivity contribution in [1.82, 2.24) is 0 Å². The number of Topliss-reactive ketones (excluding diaryl/α,β-unsaturated/α-hetero) is 1. The zero-order valence-corrected chi connectivity index (χ0v) is 17.3. The first-order chi connectivity index (χ1) is 14.6. The number of hydrogen-bond donors (Lipinski definition) is 0. The Labute approximate surface area is 180 Å². The summed E-state index contributed by atoms with van der Waals surface area (Å²) in [5, 5.41) is 0.558. The Morgan fingerprint density at radius 2 is 1.80 bits per heavy atom. The Morgan fingerprint density at radius 1 is 1.07 bits per heavy atom. The lowest BCUT2D eigenvalue weighted by Gasteiger charge is -2.35. The molecule has 1 aliphatic rings. The predicted octanol–water partition coefficient (Wildman–Crippen LogP) is 5.58. The molecule has 30 heavy (non-hydrogen) atoms. The Balaban J connectivity index is 1.92. The summed E-state index contributed by atoms with van der Waals surface area (Å²) >= 11 is 6.10. The van der Waals surface area contributed by atoms with Gasteiger partial charge in [-0.3, -0.25) is 4.79 Å². The van der Waals surface area contributed by atoms with Gasteiger partial charge in [0.15, 0.2) is 0 Å². The van der Waals surface area contributed by atoms with Crippen LogP contribution < -0.4 is 9.47 Å². The minimum Gasteiger partial charge on any atom is -0.494 e. The molecule has 0 saturated carbocycles. The van der Waals surface area contributed by atoms with E-state index in [1.54, 1.807) is 42.5 Å². The highest BCUT2D eigenvalue weighted by Crippen LogP contribution is 2.51. The van der Waals surface area contributed by atoms with Crippen LogP contribution in [0.1, 0.15) is 40.7 Å². The summed E-state index contributed by atoms with van der Waals surface area (Å²) in [5.41, 5.74) is 0.604. The van der Waals surface area contributed by atoms with E-state index in [2.05, 4.69) is 0 Å². The second-order valence-electron chi connectivity index (χ2n) is 7.13. The first-order valence-corrected chi connectivity index (χ1v) is 10.2. The van der Waals surface area contributed by atoms with Crippen molar-refractivity contribution in [2.75, 3.05) is 6.61 Å². The minimum atomic E-state index is -1.37. The van der Waals surface area contributed by atoms with Crippen LogP contribution in [0.25, 0.3) is 0 Å². The van der Waals surface area contributed by atoms with Crippen molar-refractivity contribution < 1.29 is 19.1 Å². The Morgan fingerprint density at radius 3 is 2.47 bits per heavy atom. The van der Waals surface area contributed by atoms with Gasteiger partial charge in [-0.25, -0.2) is 0 Å². The van der Waals surface area contributed by atoms with Gasteiger partial charge >= 0.3 is 0 Å². The molecule has 1 aliphatic heterocycles. The number of halogens is 1. The van der Waals surface area contributed by atoms with Gasteiger partial charge in [0.1, 0.15) is 17.8 Å². The van der Waals surface area contributed by atoms with Crippen molar-refractivity contribution >= 4 is 23.7 Å². The molecule has 0 bridgehead atoms. The van der Waals surface area contributed by atoms with Crippen LogP contribution in [0.2, 0.25) is 5.02 Å². The van der Waals surface area contributed by atoms with Gasteiger partial charge in [0.25, 0.3) is 0 Å².